The lowest BCUT2D eigenvalue weighted by Gasteiger charge is -2.19. The molecule has 0 saturated heterocycles. The first-order valence-electron chi connectivity index (χ1n) is 5.56. The van der Waals surface area contributed by atoms with Gasteiger partial charge in [0.2, 0.25) is 0 Å². The van der Waals surface area contributed by atoms with Crippen molar-refractivity contribution in [1.29, 1.82) is 0 Å². The van der Waals surface area contributed by atoms with Gasteiger partial charge in [-0.15, -0.1) is 11.3 Å². The Morgan fingerprint density at radius 2 is 2.06 bits per heavy atom. The van der Waals surface area contributed by atoms with Crippen LogP contribution in [-0.2, 0) is 0 Å². The molecule has 1 unspecified atom stereocenters. The summed E-state index contributed by atoms with van der Waals surface area (Å²) in [6.07, 6.45) is 3.68. The molecule has 0 amide bonds. The molecule has 2 rings (SSSR count). The summed E-state index contributed by atoms with van der Waals surface area (Å²) in [5, 5.41) is 5.63. The average molecular weight is 267 g/mol. The van der Waals surface area contributed by atoms with E-state index in [1.54, 1.807) is 17.5 Å². The number of thiophene rings is 1. The monoisotopic (exact) mass is 266 g/mol. The van der Waals surface area contributed by atoms with Gasteiger partial charge in [0.1, 0.15) is 0 Å². The molecule has 0 fully saturated rings. The molecule has 4 heteroatoms. The Hall–Kier alpha value is -0.900. The molecule has 0 spiro atoms. The van der Waals surface area contributed by atoms with Gasteiger partial charge < -0.3 is 5.32 Å². The van der Waals surface area contributed by atoms with Gasteiger partial charge in [0.25, 0.3) is 0 Å². The van der Waals surface area contributed by atoms with Crippen molar-refractivity contribution in [2.45, 2.75) is 25.9 Å². The van der Waals surface area contributed by atoms with Gasteiger partial charge in [0.15, 0.2) is 0 Å². The van der Waals surface area contributed by atoms with Gasteiger partial charge in [-0.25, -0.2) is 0 Å². The highest BCUT2D eigenvalue weighted by Gasteiger charge is 2.12. The lowest BCUT2D eigenvalue weighted by atomic mass is 10.1. The van der Waals surface area contributed by atoms with Crippen LogP contribution in [0.3, 0.4) is 0 Å². The molecule has 2 nitrogen and oxygen atoms in total. The number of nitrogens with one attached hydrogen (secondary N) is 1. The fourth-order valence-electron chi connectivity index (χ4n) is 1.75. The number of halogens is 1. The van der Waals surface area contributed by atoms with E-state index in [0.29, 0.717) is 0 Å². The van der Waals surface area contributed by atoms with Crippen LogP contribution in [0.5, 0.6) is 0 Å². The number of rotatable bonds is 4. The van der Waals surface area contributed by atoms with Crippen LogP contribution >= 0.6 is 22.9 Å². The number of pyridine rings is 1. The highest BCUT2D eigenvalue weighted by atomic mass is 35.5. The molecule has 0 aliphatic rings. The maximum Gasteiger partial charge on any atom is 0.0931 e. The SMILES string of the molecule is CC(N[C@H](C)c1cccnc1)c1csc(Cl)c1. The van der Waals surface area contributed by atoms with Gasteiger partial charge >= 0.3 is 0 Å². The van der Waals surface area contributed by atoms with E-state index in [1.807, 2.05) is 18.3 Å². The number of aromatic nitrogens is 1. The summed E-state index contributed by atoms with van der Waals surface area (Å²) in [5.74, 6) is 0. The molecule has 2 heterocycles. The van der Waals surface area contributed by atoms with Crippen molar-refractivity contribution in [3.8, 4) is 0 Å². The molecule has 2 aromatic heterocycles. The minimum absolute atomic E-state index is 0.275. The highest BCUT2D eigenvalue weighted by molar-refractivity contribution is 7.14. The molecular formula is C13H15ClN2S. The van der Waals surface area contributed by atoms with E-state index in [-0.39, 0.29) is 12.1 Å². The summed E-state index contributed by atoms with van der Waals surface area (Å²) in [6, 6.07) is 6.61. The Bertz CT molecular complexity index is 469. The second kappa shape index (κ2) is 5.63. The maximum atomic E-state index is 5.94. The van der Waals surface area contributed by atoms with Crippen molar-refractivity contribution in [1.82, 2.24) is 10.3 Å². The molecule has 2 aromatic rings. The van der Waals surface area contributed by atoms with Crippen LogP contribution in [0.25, 0.3) is 0 Å². The zero-order chi connectivity index (χ0) is 12.3. The third kappa shape index (κ3) is 3.28. The van der Waals surface area contributed by atoms with E-state index in [0.717, 1.165) is 4.34 Å². The van der Waals surface area contributed by atoms with Crippen molar-refractivity contribution in [2.75, 3.05) is 0 Å². The molecule has 17 heavy (non-hydrogen) atoms. The summed E-state index contributed by atoms with van der Waals surface area (Å²) in [5.41, 5.74) is 2.43. The van der Waals surface area contributed by atoms with Crippen molar-refractivity contribution >= 4 is 22.9 Å². The van der Waals surface area contributed by atoms with Crippen molar-refractivity contribution < 1.29 is 0 Å². The fourth-order valence-corrected chi connectivity index (χ4v) is 2.73. The van der Waals surface area contributed by atoms with E-state index in [9.17, 15) is 0 Å². The van der Waals surface area contributed by atoms with Crippen LogP contribution in [0.15, 0.2) is 36.0 Å². The van der Waals surface area contributed by atoms with Gasteiger partial charge in [-0.3, -0.25) is 4.98 Å². The molecule has 0 aliphatic heterocycles. The van der Waals surface area contributed by atoms with Gasteiger partial charge in [-0.2, -0.15) is 0 Å². The maximum absolute atomic E-state index is 5.94. The predicted molar refractivity (Wildman–Crippen MR) is 73.5 cm³/mol. The standard InChI is InChI=1S/C13H15ClN2S/c1-9(11-4-3-5-15-7-11)16-10(2)12-6-13(14)17-8-12/h3-10,16H,1-2H3/t9-,10?/m1/s1. The largest absolute Gasteiger partial charge is 0.304 e. The molecule has 0 radical (unpaired) electrons. The number of hydrogen-bond acceptors (Lipinski definition) is 3. The fraction of sp³-hybridized carbons (Fsp3) is 0.308. The summed E-state index contributed by atoms with van der Waals surface area (Å²) in [4.78, 5) is 4.13. The summed E-state index contributed by atoms with van der Waals surface area (Å²) in [7, 11) is 0. The van der Waals surface area contributed by atoms with Crippen molar-refractivity contribution in [3.05, 3.63) is 51.4 Å². The van der Waals surface area contributed by atoms with Gasteiger partial charge in [0.05, 0.1) is 4.34 Å². The van der Waals surface area contributed by atoms with Crippen LogP contribution in [0.4, 0.5) is 0 Å². The topological polar surface area (TPSA) is 24.9 Å². The molecule has 2 atom stereocenters. The Morgan fingerprint density at radius 3 is 2.65 bits per heavy atom. The van der Waals surface area contributed by atoms with E-state index in [4.69, 9.17) is 11.6 Å². The Kier molecular flexibility index (Phi) is 4.15. The molecular weight excluding hydrogens is 252 g/mol. The minimum atomic E-state index is 0.275. The van der Waals surface area contributed by atoms with Gasteiger partial charge in [0, 0.05) is 24.5 Å². The Labute approximate surface area is 111 Å². The van der Waals surface area contributed by atoms with Crippen LogP contribution in [-0.4, -0.2) is 4.98 Å². The first-order chi connectivity index (χ1) is 8.16. The summed E-state index contributed by atoms with van der Waals surface area (Å²) in [6.45, 7) is 4.28. The first-order valence-corrected chi connectivity index (χ1v) is 6.82. The average Bonchev–Trinajstić information content (AvgIpc) is 2.77. The Morgan fingerprint density at radius 1 is 1.29 bits per heavy atom. The molecule has 90 valence electrons. The summed E-state index contributed by atoms with van der Waals surface area (Å²) < 4.78 is 0.836. The van der Waals surface area contributed by atoms with Crippen LogP contribution < -0.4 is 5.32 Å². The zero-order valence-electron chi connectivity index (χ0n) is 9.85. The molecule has 0 aliphatic carbocycles. The second-order valence-electron chi connectivity index (χ2n) is 4.08. The van der Waals surface area contributed by atoms with E-state index < -0.39 is 0 Å². The smallest absolute Gasteiger partial charge is 0.0931 e. The Balaban J connectivity index is 2.02. The quantitative estimate of drug-likeness (QED) is 0.897. The molecule has 0 bridgehead atoms. The van der Waals surface area contributed by atoms with Crippen LogP contribution in [0, 0.1) is 0 Å². The lowest BCUT2D eigenvalue weighted by Crippen LogP contribution is -2.22. The van der Waals surface area contributed by atoms with Crippen LogP contribution in [0.2, 0.25) is 4.34 Å². The predicted octanol–water partition coefficient (Wildman–Crippen LogP) is 4.21. The first kappa shape index (κ1) is 12.6. The van der Waals surface area contributed by atoms with Crippen molar-refractivity contribution in [2.24, 2.45) is 0 Å². The zero-order valence-corrected chi connectivity index (χ0v) is 11.4. The second-order valence-corrected chi connectivity index (χ2v) is 5.62. The van der Waals surface area contributed by atoms with E-state index >= 15 is 0 Å². The van der Waals surface area contributed by atoms with Gasteiger partial charge in [-0.1, -0.05) is 17.7 Å². The number of hydrogen-bond donors (Lipinski definition) is 1. The minimum Gasteiger partial charge on any atom is -0.304 e. The molecule has 0 saturated carbocycles. The van der Waals surface area contributed by atoms with Crippen LogP contribution in [0.1, 0.15) is 37.1 Å². The van der Waals surface area contributed by atoms with E-state index in [1.165, 1.54) is 11.1 Å². The lowest BCUT2D eigenvalue weighted by molar-refractivity contribution is 0.494. The van der Waals surface area contributed by atoms with Gasteiger partial charge in [-0.05, 0) is 42.5 Å². The third-order valence-corrected chi connectivity index (χ3v) is 3.88. The normalized spacial score (nSPS) is 14.5. The summed E-state index contributed by atoms with van der Waals surface area (Å²) >= 11 is 7.51. The molecule has 1 N–H and O–H groups in total. The molecule has 0 aromatic carbocycles. The van der Waals surface area contributed by atoms with E-state index in [2.05, 4.69) is 35.6 Å². The highest BCUT2D eigenvalue weighted by Crippen LogP contribution is 2.26. The van der Waals surface area contributed by atoms with Crippen molar-refractivity contribution in [3.63, 3.8) is 0 Å². The third-order valence-electron chi connectivity index (χ3n) is 2.77. The number of nitrogens with zero attached hydrogens (tertiary/aromatic N) is 1.